The minimum atomic E-state index is -0.411. The van der Waals surface area contributed by atoms with E-state index in [1.165, 1.54) is 11.5 Å². The van der Waals surface area contributed by atoms with E-state index in [2.05, 4.69) is 14.7 Å². The van der Waals surface area contributed by atoms with Gasteiger partial charge in [-0.05, 0) is 30.6 Å². The van der Waals surface area contributed by atoms with Gasteiger partial charge >= 0.3 is 5.97 Å². The second-order valence-corrected chi connectivity index (χ2v) is 5.85. The van der Waals surface area contributed by atoms with Crippen molar-refractivity contribution < 1.29 is 9.53 Å². The number of fused-ring (bicyclic) bond motifs is 1. The summed E-state index contributed by atoms with van der Waals surface area (Å²) in [5.41, 5.74) is 2.53. The van der Waals surface area contributed by atoms with Crippen LogP contribution in [-0.2, 0) is 11.3 Å². The number of anilines is 1. The van der Waals surface area contributed by atoms with Crippen LogP contribution >= 0.6 is 23.1 Å². The molecule has 0 bridgehead atoms. The molecule has 1 N–H and O–H groups in total. The molecule has 0 saturated carbocycles. The number of carbonyl (C=O) groups is 1. The molecule has 0 aromatic carbocycles. The van der Waals surface area contributed by atoms with Gasteiger partial charge in [0, 0.05) is 19.4 Å². The first-order valence-electron chi connectivity index (χ1n) is 6.53. The van der Waals surface area contributed by atoms with Crippen molar-refractivity contribution in [3.05, 3.63) is 46.5 Å². The van der Waals surface area contributed by atoms with E-state index in [0.29, 0.717) is 27.0 Å². The number of aryl methyl sites for hydroxylation is 1. The van der Waals surface area contributed by atoms with E-state index in [9.17, 15) is 4.79 Å². The molecule has 3 aromatic rings. The highest BCUT2D eigenvalue weighted by Crippen LogP contribution is 2.25. The SMILES string of the molecule is CNc1snc(C)c1C(=O)OCc1cn2cc(Cl)ccc2n1. The Kier molecular flexibility index (Phi) is 4.00. The van der Waals surface area contributed by atoms with E-state index in [0.717, 1.165) is 5.65 Å². The summed E-state index contributed by atoms with van der Waals surface area (Å²) in [6, 6.07) is 3.57. The van der Waals surface area contributed by atoms with Crippen LogP contribution in [0.3, 0.4) is 0 Å². The average molecular weight is 337 g/mol. The molecule has 0 unspecified atom stereocenters. The Labute approximate surface area is 135 Å². The minimum absolute atomic E-state index is 0.0938. The third kappa shape index (κ3) is 2.77. The molecule has 0 amide bonds. The Morgan fingerprint density at radius 3 is 3.05 bits per heavy atom. The van der Waals surface area contributed by atoms with Crippen molar-refractivity contribution in [1.29, 1.82) is 0 Å². The minimum Gasteiger partial charge on any atom is -0.455 e. The fraction of sp³-hybridized carbons (Fsp3) is 0.214. The predicted octanol–water partition coefficient (Wildman–Crippen LogP) is 3.15. The second kappa shape index (κ2) is 5.94. The first kappa shape index (κ1) is 14.8. The number of hydrogen-bond acceptors (Lipinski definition) is 6. The quantitative estimate of drug-likeness (QED) is 0.741. The normalized spacial score (nSPS) is 10.9. The highest BCUT2D eigenvalue weighted by atomic mass is 35.5. The zero-order valence-corrected chi connectivity index (χ0v) is 13.5. The number of rotatable bonds is 4. The summed E-state index contributed by atoms with van der Waals surface area (Å²) in [4.78, 5) is 16.6. The van der Waals surface area contributed by atoms with Gasteiger partial charge in [0.1, 0.15) is 22.8 Å². The predicted molar refractivity (Wildman–Crippen MR) is 85.7 cm³/mol. The topological polar surface area (TPSA) is 68.5 Å². The maximum atomic E-state index is 12.2. The van der Waals surface area contributed by atoms with Crippen LogP contribution in [-0.4, -0.2) is 26.8 Å². The van der Waals surface area contributed by atoms with E-state index in [-0.39, 0.29) is 6.61 Å². The maximum absolute atomic E-state index is 12.2. The van der Waals surface area contributed by atoms with E-state index in [1.807, 2.05) is 0 Å². The number of carbonyl (C=O) groups excluding carboxylic acids is 1. The molecule has 0 aliphatic rings. The number of nitrogens with zero attached hydrogens (tertiary/aromatic N) is 3. The number of ether oxygens (including phenoxy) is 1. The van der Waals surface area contributed by atoms with Crippen LogP contribution in [0.2, 0.25) is 5.02 Å². The zero-order valence-electron chi connectivity index (χ0n) is 12.0. The molecule has 8 heteroatoms. The van der Waals surface area contributed by atoms with Crippen molar-refractivity contribution in [2.45, 2.75) is 13.5 Å². The molecule has 0 aliphatic heterocycles. The van der Waals surface area contributed by atoms with Crippen LogP contribution in [0.1, 0.15) is 21.7 Å². The van der Waals surface area contributed by atoms with Gasteiger partial charge in [-0.2, -0.15) is 4.37 Å². The van der Waals surface area contributed by atoms with Gasteiger partial charge in [0.2, 0.25) is 0 Å². The molecule has 3 heterocycles. The Morgan fingerprint density at radius 2 is 2.27 bits per heavy atom. The third-order valence-corrected chi connectivity index (χ3v) is 4.29. The van der Waals surface area contributed by atoms with Gasteiger partial charge in [0.05, 0.1) is 16.4 Å². The Balaban J connectivity index is 1.75. The fourth-order valence-corrected chi connectivity index (χ4v) is 2.98. The van der Waals surface area contributed by atoms with Crippen LogP contribution in [0.25, 0.3) is 5.65 Å². The van der Waals surface area contributed by atoms with Crippen LogP contribution in [0, 0.1) is 6.92 Å². The summed E-state index contributed by atoms with van der Waals surface area (Å²) in [6.07, 6.45) is 3.54. The first-order chi connectivity index (χ1) is 10.6. The monoisotopic (exact) mass is 336 g/mol. The lowest BCUT2D eigenvalue weighted by molar-refractivity contribution is 0.0469. The van der Waals surface area contributed by atoms with Gasteiger partial charge in [-0.15, -0.1) is 0 Å². The molecule has 0 fully saturated rings. The van der Waals surface area contributed by atoms with Crippen LogP contribution < -0.4 is 5.32 Å². The van der Waals surface area contributed by atoms with Gasteiger partial charge in [0.25, 0.3) is 0 Å². The summed E-state index contributed by atoms with van der Waals surface area (Å²) in [7, 11) is 1.75. The molecule has 0 aliphatic carbocycles. The van der Waals surface area contributed by atoms with Crippen LogP contribution in [0.15, 0.2) is 24.5 Å². The molecule has 0 saturated heterocycles. The Hall–Kier alpha value is -2.12. The molecule has 3 aromatic heterocycles. The second-order valence-electron chi connectivity index (χ2n) is 4.64. The number of hydrogen-bond donors (Lipinski definition) is 1. The number of imidazole rings is 1. The molecule has 0 spiro atoms. The molecule has 22 heavy (non-hydrogen) atoms. The summed E-state index contributed by atoms with van der Waals surface area (Å²) in [5.74, 6) is -0.411. The smallest absolute Gasteiger partial charge is 0.343 e. The lowest BCUT2D eigenvalue weighted by Crippen LogP contribution is -2.08. The van der Waals surface area contributed by atoms with E-state index in [1.54, 1.807) is 42.9 Å². The summed E-state index contributed by atoms with van der Waals surface area (Å²) >= 11 is 7.16. The van der Waals surface area contributed by atoms with Crippen molar-refractivity contribution in [3.8, 4) is 0 Å². The van der Waals surface area contributed by atoms with Crippen LogP contribution in [0.4, 0.5) is 5.00 Å². The molecule has 0 atom stereocenters. The summed E-state index contributed by atoms with van der Waals surface area (Å²) in [5, 5.41) is 4.26. The summed E-state index contributed by atoms with van der Waals surface area (Å²) < 4.78 is 11.3. The third-order valence-electron chi connectivity index (χ3n) is 3.11. The van der Waals surface area contributed by atoms with Crippen molar-refractivity contribution in [1.82, 2.24) is 13.8 Å². The zero-order chi connectivity index (χ0) is 15.7. The van der Waals surface area contributed by atoms with Crippen molar-refractivity contribution in [2.75, 3.05) is 12.4 Å². The standard InChI is InChI=1S/C14H13ClN4O2S/c1-8-12(13(16-2)22-18-8)14(20)21-7-10-6-19-5-9(15)3-4-11(19)17-10/h3-6,16H,7H2,1-2H3. The number of nitrogens with one attached hydrogen (secondary N) is 1. The highest BCUT2D eigenvalue weighted by molar-refractivity contribution is 7.10. The summed E-state index contributed by atoms with van der Waals surface area (Å²) in [6.45, 7) is 1.87. The number of halogens is 1. The molecular formula is C14H13ClN4O2S. The molecular weight excluding hydrogens is 324 g/mol. The van der Waals surface area contributed by atoms with Gasteiger partial charge in [-0.3, -0.25) is 0 Å². The van der Waals surface area contributed by atoms with Gasteiger partial charge in [-0.1, -0.05) is 11.6 Å². The van der Waals surface area contributed by atoms with Crippen LogP contribution in [0.5, 0.6) is 0 Å². The molecule has 6 nitrogen and oxygen atoms in total. The Morgan fingerprint density at radius 1 is 1.45 bits per heavy atom. The maximum Gasteiger partial charge on any atom is 0.343 e. The average Bonchev–Trinajstić information content (AvgIpc) is 3.07. The van der Waals surface area contributed by atoms with Gasteiger partial charge in [0.15, 0.2) is 0 Å². The number of esters is 1. The largest absolute Gasteiger partial charge is 0.455 e. The first-order valence-corrected chi connectivity index (χ1v) is 7.68. The van der Waals surface area contributed by atoms with Crippen molar-refractivity contribution in [2.24, 2.45) is 0 Å². The van der Waals surface area contributed by atoms with Crippen molar-refractivity contribution >= 4 is 39.8 Å². The van der Waals surface area contributed by atoms with Crippen molar-refractivity contribution in [3.63, 3.8) is 0 Å². The molecule has 114 valence electrons. The molecule has 3 rings (SSSR count). The fourth-order valence-electron chi connectivity index (χ4n) is 2.08. The lowest BCUT2D eigenvalue weighted by Gasteiger charge is -2.04. The highest BCUT2D eigenvalue weighted by Gasteiger charge is 2.19. The van der Waals surface area contributed by atoms with E-state index >= 15 is 0 Å². The number of aromatic nitrogens is 3. The molecule has 0 radical (unpaired) electrons. The van der Waals surface area contributed by atoms with Gasteiger partial charge < -0.3 is 14.5 Å². The van der Waals surface area contributed by atoms with E-state index in [4.69, 9.17) is 16.3 Å². The number of pyridine rings is 1. The van der Waals surface area contributed by atoms with Gasteiger partial charge in [-0.25, -0.2) is 9.78 Å². The Bertz CT molecular complexity index is 843. The lowest BCUT2D eigenvalue weighted by atomic mass is 10.2. The van der Waals surface area contributed by atoms with E-state index < -0.39 is 5.97 Å².